The summed E-state index contributed by atoms with van der Waals surface area (Å²) in [6, 6.07) is 13.8. The fourth-order valence-electron chi connectivity index (χ4n) is 2.86. The van der Waals surface area contributed by atoms with E-state index in [1.165, 1.54) is 16.4 Å². The lowest BCUT2D eigenvalue weighted by Gasteiger charge is -2.09. The Balaban J connectivity index is 1.69. The largest absolute Gasteiger partial charge is 0.497 e. The molecule has 0 aliphatic rings. The van der Waals surface area contributed by atoms with Gasteiger partial charge < -0.3 is 10.1 Å². The molecule has 2 heterocycles. The molecular formula is C21H16Cl2N6O2S. The van der Waals surface area contributed by atoms with Crippen LogP contribution in [-0.4, -0.2) is 38.0 Å². The molecule has 8 nitrogen and oxygen atoms in total. The highest BCUT2D eigenvalue weighted by atomic mass is 35.5. The maximum atomic E-state index is 13.1. The highest BCUT2D eigenvalue weighted by molar-refractivity contribution is 7.98. The molecule has 0 aliphatic carbocycles. The molecule has 2 aromatic carbocycles. The van der Waals surface area contributed by atoms with E-state index >= 15 is 0 Å². The molecule has 0 bridgehead atoms. The maximum Gasteiger partial charge on any atom is 0.278 e. The zero-order valence-corrected chi connectivity index (χ0v) is 19.0. The number of carbonyl (C=O) groups is 1. The average molecular weight is 487 g/mol. The fourth-order valence-corrected chi connectivity index (χ4v) is 4.17. The Hall–Kier alpha value is -3.14. The van der Waals surface area contributed by atoms with Crippen LogP contribution < -0.4 is 10.1 Å². The predicted molar refractivity (Wildman–Crippen MR) is 124 cm³/mol. The van der Waals surface area contributed by atoms with Crippen LogP contribution in [-0.2, 0) is 5.75 Å². The van der Waals surface area contributed by atoms with Crippen molar-refractivity contribution < 1.29 is 9.53 Å². The first-order chi connectivity index (χ1) is 15.5. The summed E-state index contributed by atoms with van der Waals surface area (Å²) in [6.07, 6.45) is 3.30. The van der Waals surface area contributed by atoms with Crippen molar-refractivity contribution in [2.75, 3.05) is 12.4 Å². The van der Waals surface area contributed by atoms with E-state index in [1.54, 1.807) is 68.0 Å². The third-order valence-electron chi connectivity index (χ3n) is 4.28. The van der Waals surface area contributed by atoms with Gasteiger partial charge in [0.15, 0.2) is 10.9 Å². The van der Waals surface area contributed by atoms with Gasteiger partial charge in [-0.05, 0) is 36.4 Å². The second-order valence-corrected chi connectivity index (χ2v) is 8.25. The molecule has 0 spiro atoms. The number of nitrogens with one attached hydrogen (secondary N) is 1. The Bertz CT molecular complexity index is 1230. The normalized spacial score (nSPS) is 10.7. The number of carbonyl (C=O) groups excluding carboxylic acids is 1. The lowest BCUT2D eigenvalue weighted by molar-refractivity contribution is 0.102. The number of rotatable bonds is 7. The van der Waals surface area contributed by atoms with Gasteiger partial charge in [0.2, 0.25) is 0 Å². The Morgan fingerprint density at radius 1 is 1.09 bits per heavy atom. The second-order valence-electron chi connectivity index (χ2n) is 6.43. The van der Waals surface area contributed by atoms with Gasteiger partial charge in [-0.2, -0.15) is 0 Å². The molecule has 11 heteroatoms. The van der Waals surface area contributed by atoms with Crippen LogP contribution in [0.15, 0.2) is 66.1 Å². The molecular weight excluding hydrogens is 471 g/mol. The standard InChI is InChI=1S/C21H16Cl2N6O2S/c1-31-17-5-2-4-15(11-17)26-20(30)19-18(12-32-21-24-6-3-7-25-21)29(28-27-19)16-9-13(22)8-14(23)10-16/h2-11H,12H2,1H3,(H,26,30). The average Bonchev–Trinajstić information content (AvgIpc) is 3.22. The van der Waals surface area contributed by atoms with Gasteiger partial charge in [-0.25, -0.2) is 14.6 Å². The molecule has 4 aromatic rings. The highest BCUT2D eigenvalue weighted by Crippen LogP contribution is 2.27. The molecule has 0 radical (unpaired) electrons. The number of nitrogens with zero attached hydrogens (tertiary/aromatic N) is 5. The monoisotopic (exact) mass is 486 g/mol. The van der Waals surface area contributed by atoms with Crippen molar-refractivity contribution in [1.82, 2.24) is 25.0 Å². The Kier molecular flexibility index (Phi) is 6.89. The number of ether oxygens (including phenoxy) is 1. The van der Waals surface area contributed by atoms with Gasteiger partial charge in [0, 0.05) is 39.9 Å². The van der Waals surface area contributed by atoms with Gasteiger partial charge >= 0.3 is 0 Å². The summed E-state index contributed by atoms with van der Waals surface area (Å²) in [5.74, 6) is 0.543. The van der Waals surface area contributed by atoms with E-state index in [0.29, 0.717) is 43.8 Å². The number of methoxy groups -OCH3 is 1. The minimum atomic E-state index is -0.415. The Morgan fingerprint density at radius 2 is 1.84 bits per heavy atom. The van der Waals surface area contributed by atoms with Gasteiger partial charge in [0.1, 0.15) is 5.75 Å². The SMILES string of the molecule is COc1cccc(NC(=O)c2nnn(-c3cc(Cl)cc(Cl)c3)c2CSc2ncccn2)c1. The van der Waals surface area contributed by atoms with Crippen molar-refractivity contribution in [2.45, 2.75) is 10.9 Å². The summed E-state index contributed by atoms with van der Waals surface area (Å²) in [6.45, 7) is 0. The van der Waals surface area contributed by atoms with Gasteiger partial charge in [-0.3, -0.25) is 4.79 Å². The van der Waals surface area contributed by atoms with Gasteiger partial charge in [0.25, 0.3) is 5.91 Å². The van der Waals surface area contributed by atoms with Crippen molar-refractivity contribution in [1.29, 1.82) is 0 Å². The molecule has 4 rings (SSSR count). The van der Waals surface area contributed by atoms with Crippen LogP contribution in [0.1, 0.15) is 16.2 Å². The number of halogens is 2. The van der Waals surface area contributed by atoms with Crippen LogP contribution in [0.5, 0.6) is 5.75 Å². The summed E-state index contributed by atoms with van der Waals surface area (Å²) in [4.78, 5) is 21.5. The van der Waals surface area contributed by atoms with Crippen LogP contribution in [0.25, 0.3) is 5.69 Å². The molecule has 0 unspecified atom stereocenters. The van der Waals surface area contributed by atoms with Crippen LogP contribution in [0.3, 0.4) is 0 Å². The quantitative estimate of drug-likeness (QED) is 0.292. The van der Waals surface area contributed by atoms with E-state index in [9.17, 15) is 4.79 Å². The molecule has 0 saturated carbocycles. The zero-order chi connectivity index (χ0) is 22.5. The van der Waals surface area contributed by atoms with Crippen molar-refractivity contribution in [3.05, 3.63) is 82.4 Å². The number of benzene rings is 2. The van der Waals surface area contributed by atoms with Crippen molar-refractivity contribution >= 4 is 46.6 Å². The van der Waals surface area contributed by atoms with Crippen molar-refractivity contribution in [2.24, 2.45) is 0 Å². The third kappa shape index (κ3) is 5.18. The number of aromatic nitrogens is 5. The van der Waals surface area contributed by atoms with Gasteiger partial charge in [0.05, 0.1) is 18.5 Å². The van der Waals surface area contributed by atoms with E-state index in [0.717, 1.165) is 0 Å². The number of amides is 1. The van der Waals surface area contributed by atoms with E-state index < -0.39 is 5.91 Å². The maximum absolute atomic E-state index is 13.1. The minimum Gasteiger partial charge on any atom is -0.497 e. The molecule has 1 amide bonds. The number of thioether (sulfide) groups is 1. The van der Waals surface area contributed by atoms with Crippen LogP contribution in [0, 0.1) is 0 Å². The molecule has 2 aromatic heterocycles. The smallest absolute Gasteiger partial charge is 0.278 e. The van der Waals surface area contributed by atoms with Crippen LogP contribution in [0.4, 0.5) is 5.69 Å². The van der Waals surface area contributed by atoms with Crippen molar-refractivity contribution in [3.63, 3.8) is 0 Å². The molecule has 0 fully saturated rings. The first-order valence-electron chi connectivity index (χ1n) is 9.30. The highest BCUT2D eigenvalue weighted by Gasteiger charge is 2.22. The fraction of sp³-hybridized carbons (Fsp3) is 0.0952. The molecule has 0 saturated heterocycles. The molecule has 162 valence electrons. The van der Waals surface area contributed by atoms with Gasteiger partial charge in [-0.15, -0.1) is 5.10 Å². The topological polar surface area (TPSA) is 94.8 Å². The first-order valence-corrected chi connectivity index (χ1v) is 11.0. The summed E-state index contributed by atoms with van der Waals surface area (Å²) >= 11 is 13.7. The van der Waals surface area contributed by atoms with E-state index in [1.807, 2.05) is 0 Å². The second kappa shape index (κ2) is 9.99. The number of hydrogen-bond acceptors (Lipinski definition) is 7. The molecule has 1 N–H and O–H groups in total. The van der Waals surface area contributed by atoms with Crippen LogP contribution >= 0.6 is 35.0 Å². The number of hydrogen-bond donors (Lipinski definition) is 1. The summed E-state index contributed by atoms with van der Waals surface area (Å²) < 4.78 is 6.75. The zero-order valence-electron chi connectivity index (χ0n) is 16.7. The molecule has 0 aliphatic heterocycles. The van der Waals surface area contributed by atoms with Crippen LogP contribution in [0.2, 0.25) is 10.0 Å². The number of anilines is 1. The summed E-state index contributed by atoms with van der Waals surface area (Å²) in [5, 5.41) is 12.6. The first kappa shape index (κ1) is 22.1. The lowest BCUT2D eigenvalue weighted by Crippen LogP contribution is -2.15. The van der Waals surface area contributed by atoms with E-state index in [2.05, 4.69) is 25.6 Å². The van der Waals surface area contributed by atoms with E-state index in [4.69, 9.17) is 27.9 Å². The lowest BCUT2D eigenvalue weighted by atomic mass is 10.2. The Labute approximate surface area is 197 Å². The Morgan fingerprint density at radius 3 is 2.56 bits per heavy atom. The van der Waals surface area contributed by atoms with Crippen molar-refractivity contribution in [3.8, 4) is 11.4 Å². The minimum absolute atomic E-state index is 0.160. The van der Waals surface area contributed by atoms with E-state index in [-0.39, 0.29) is 5.69 Å². The van der Waals surface area contributed by atoms with Gasteiger partial charge in [-0.1, -0.05) is 46.2 Å². The third-order valence-corrected chi connectivity index (χ3v) is 5.60. The summed E-state index contributed by atoms with van der Waals surface area (Å²) in [7, 11) is 1.56. The molecule has 32 heavy (non-hydrogen) atoms. The predicted octanol–water partition coefficient (Wildman–Crippen LogP) is 4.92. The molecule has 0 atom stereocenters. The summed E-state index contributed by atoms with van der Waals surface area (Å²) in [5.41, 5.74) is 1.85.